The predicted octanol–water partition coefficient (Wildman–Crippen LogP) is 2.19. The second-order valence-corrected chi connectivity index (χ2v) is 6.46. The molecule has 1 amide bonds. The maximum absolute atomic E-state index is 12.2. The van der Waals surface area contributed by atoms with Gasteiger partial charge in [0.2, 0.25) is 5.91 Å². The fourth-order valence-electron chi connectivity index (χ4n) is 3.27. The Morgan fingerprint density at radius 1 is 1.24 bits per heavy atom. The largest absolute Gasteiger partial charge is 0.487 e. The van der Waals surface area contributed by atoms with Crippen LogP contribution in [0.5, 0.6) is 5.75 Å². The molecule has 0 bridgehead atoms. The highest BCUT2D eigenvalue weighted by Crippen LogP contribution is 2.55. The molecule has 1 aromatic carbocycles. The van der Waals surface area contributed by atoms with Gasteiger partial charge in [-0.05, 0) is 55.4 Å². The van der Waals surface area contributed by atoms with Crippen molar-refractivity contribution in [3.05, 3.63) is 29.8 Å². The van der Waals surface area contributed by atoms with Crippen LogP contribution in [-0.2, 0) is 4.79 Å². The molecule has 1 saturated heterocycles. The first-order valence-electron chi connectivity index (χ1n) is 7.70. The monoisotopic (exact) mass is 282 g/mol. The molecule has 0 unspecified atom stereocenters. The van der Waals surface area contributed by atoms with Crippen LogP contribution < -0.4 is 4.74 Å². The molecule has 0 aromatic heterocycles. The van der Waals surface area contributed by atoms with Gasteiger partial charge in [-0.2, -0.15) is 5.26 Å². The number of nitrogens with zero attached hydrogens (tertiary/aromatic N) is 2. The fourth-order valence-corrected chi connectivity index (χ4v) is 3.27. The summed E-state index contributed by atoms with van der Waals surface area (Å²) in [5.41, 5.74) is 0.632. The molecule has 2 atom stereocenters. The lowest BCUT2D eigenvalue weighted by atomic mass is 10.1. The number of likely N-dealkylation sites (tertiary alicyclic amines) is 1. The zero-order chi connectivity index (χ0) is 14.4. The molecule has 0 radical (unpaired) electrons. The molecular weight excluding hydrogens is 264 g/mol. The molecule has 2 aliphatic carbocycles. The summed E-state index contributed by atoms with van der Waals surface area (Å²) in [4.78, 5) is 14.2. The molecule has 21 heavy (non-hydrogen) atoms. The van der Waals surface area contributed by atoms with Gasteiger partial charge in [-0.1, -0.05) is 0 Å². The van der Waals surface area contributed by atoms with E-state index in [9.17, 15) is 4.79 Å². The van der Waals surface area contributed by atoms with Crippen LogP contribution in [0, 0.1) is 29.1 Å². The van der Waals surface area contributed by atoms with Crippen LogP contribution in [0.4, 0.5) is 0 Å². The Morgan fingerprint density at radius 3 is 2.57 bits per heavy atom. The summed E-state index contributed by atoms with van der Waals surface area (Å²) >= 11 is 0. The molecule has 3 fully saturated rings. The number of nitriles is 1. The molecule has 1 heterocycles. The highest BCUT2D eigenvalue weighted by atomic mass is 16.5. The van der Waals surface area contributed by atoms with E-state index in [0.29, 0.717) is 36.4 Å². The van der Waals surface area contributed by atoms with Crippen molar-refractivity contribution >= 4 is 5.91 Å². The molecule has 4 rings (SSSR count). The number of carbonyl (C=O) groups excluding carboxylic acids is 1. The van der Waals surface area contributed by atoms with E-state index in [2.05, 4.69) is 6.07 Å². The van der Waals surface area contributed by atoms with Crippen LogP contribution in [0.25, 0.3) is 0 Å². The molecule has 0 spiro atoms. The van der Waals surface area contributed by atoms with Gasteiger partial charge in [0.1, 0.15) is 11.9 Å². The number of rotatable bonds is 4. The van der Waals surface area contributed by atoms with E-state index in [1.165, 1.54) is 12.8 Å². The first-order chi connectivity index (χ1) is 10.2. The second-order valence-electron chi connectivity index (χ2n) is 6.46. The summed E-state index contributed by atoms with van der Waals surface area (Å²) in [6.45, 7) is 1.40. The molecule has 1 aliphatic heterocycles. The standard InChI is InChI=1S/C17H18N2O2/c18-8-11-1-5-13(6-2-11)21-14-9-19(10-14)17(20)16-7-15(16)12-3-4-12/h1-2,5-6,12,14-16H,3-4,7,9-10H2/t15-,16+/m1/s1. The molecule has 1 aromatic rings. The lowest BCUT2D eigenvalue weighted by Gasteiger charge is -2.39. The van der Waals surface area contributed by atoms with Gasteiger partial charge in [-0.25, -0.2) is 0 Å². The maximum Gasteiger partial charge on any atom is 0.226 e. The average Bonchev–Trinajstić information content (AvgIpc) is 3.34. The minimum absolute atomic E-state index is 0.0972. The molecule has 0 N–H and O–H groups in total. The van der Waals surface area contributed by atoms with Crippen molar-refractivity contribution in [1.29, 1.82) is 5.26 Å². The van der Waals surface area contributed by atoms with Crippen molar-refractivity contribution in [3.63, 3.8) is 0 Å². The average molecular weight is 282 g/mol. The Labute approximate surface area is 124 Å². The van der Waals surface area contributed by atoms with Crippen molar-refractivity contribution < 1.29 is 9.53 Å². The van der Waals surface area contributed by atoms with E-state index in [1.54, 1.807) is 12.1 Å². The summed E-state index contributed by atoms with van der Waals surface area (Å²) < 4.78 is 5.81. The Hall–Kier alpha value is -2.02. The Morgan fingerprint density at radius 2 is 1.95 bits per heavy atom. The zero-order valence-electron chi connectivity index (χ0n) is 11.9. The Balaban J connectivity index is 1.25. The Bertz CT molecular complexity index is 594. The van der Waals surface area contributed by atoms with Crippen molar-refractivity contribution in [3.8, 4) is 11.8 Å². The third-order valence-electron chi connectivity index (χ3n) is 4.83. The van der Waals surface area contributed by atoms with E-state index in [1.807, 2.05) is 17.0 Å². The van der Waals surface area contributed by atoms with Gasteiger partial charge in [0.25, 0.3) is 0 Å². The van der Waals surface area contributed by atoms with Gasteiger partial charge < -0.3 is 9.64 Å². The third-order valence-corrected chi connectivity index (χ3v) is 4.83. The number of carbonyl (C=O) groups is 1. The second kappa shape index (κ2) is 4.77. The maximum atomic E-state index is 12.2. The fraction of sp³-hybridized carbons (Fsp3) is 0.529. The van der Waals surface area contributed by atoms with Gasteiger partial charge in [-0.15, -0.1) is 0 Å². The normalized spacial score (nSPS) is 27.7. The van der Waals surface area contributed by atoms with Crippen molar-refractivity contribution in [1.82, 2.24) is 4.90 Å². The third kappa shape index (κ3) is 2.49. The minimum atomic E-state index is 0.0972. The predicted molar refractivity (Wildman–Crippen MR) is 76.5 cm³/mol. The lowest BCUT2D eigenvalue weighted by molar-refractivity contribution is -0.141. The summed E-state index contributed by atoms with van der Waals surface area (Å²) in [6, 6.07) is 9.21. The summed E-state index contributed by atoms with van der Waals surface area (Å²) in [5.74, 6) is 2.97. The van der Waals surface area contributed by atoms with Crippen LogP contribution in [0.15, 0.2) is 24.3 Å². The quantitative estimate of drug-likeness (QED) is 0.850. The summed E-state index contributed by atoms with van der Waals surface area (Å²) in [7, 11) is 0. The summed E-state index contributed by atoms with van der Waals surface area (Å²) in [6.07, 6.45) is 3.87. The van der Waals surface area contributed by atoms with E-state index in [4.69, 9.17) is 10.00 Å². The number of hydrogen-bond acceptors (Lipinski definition) is 3. The number of benzene rings is 1. The summed E-state index contributed by atoms with van der Waals surface area (Å²) in [5, 5.41) is 8.75. The van der Waals surface area contributed by atoms with Crippen molar-refractivity contribution in [2.24, 2.45) is 17.8 Å². The van der Waals surface area contributed by atoms with E-state index >= 15 is 0 Å². The van der Waals surface area contributed by atoms with E-state index in [0.717, 1.165) is 18.1 Å². The SMILES string of the molecule is N#Cc1ccc(OC2CN(C(=O)[C@H]3C[C@@H]3C3CC3)C2)cc1. The van der Waals surface area contributed by atoms with Crippen LogP contribution in [-0.4, -0.2) is 30.0 Å². The van der Waals surface area contributed by atoms with Gasteiger partial charge in [0.05, 0.1) is 24.7 Å². The first kappa shape index (κ1) is 12.7. The lowest BCUT2D eigenvalue weighted by Crippen LogP contribution is -2.56. The van der Waals surface area contributed by atoms with Crippen LogP contribution in [0.3, 0.4) is 0 Å². The highest BCUT2D eigenvalue weighted by molar-refractivity contribution is 5.82. The Kier molecular flexibility index (Phi) is 2.88. The number of amides is 1. The highest BCUT2D eigenvalue weighted by Gasteiger charge is 2.53. The van der Waals surface area contributed by atoms with Crippen molar-refractivity contribution in [2.75, 3.05) is 13.1 Å². The molecule has 4 nitrogen and oxygen atoms in total. The smallest absolute Gasteiger partial charge is 0.226 e. The van der Waals surface area contributed by atoms with Gasteiger partial charge in [0.15, 0.2) is 0 Å². The number of hydrogen-bond donors (Lipinski definition) is 0. The first-order valence-corrected chi connectivity index (χ1v) is 7.70. The molecular formula is C17H18N2O2. The minimum Gasteiger partial charge on any atom is -0.487 e. The molecule has 3 aliphatic rings. The van der Waals surface area contributed by atoms with Gasteiger partial charge in [0, 0.05) is 5.92 Å². The number of ether oxygens (including phenoxy) is 1. The van der Waals surface area contributed by atoms with Crippen LogP contribution >= 0.6 is 0 Å². The van der Waals surface area contributed by atoms with Crippen LogP contribution in [0.1, 0.15) is 24.8 Å². The molecule has 2 saturated carbocycles. The van der Waals surface area contributed by atoms with Crippen LogP contribution in [0.2, 0.25) is 0 Å². The molecule has 4 heteroatoms. The zero-order valence-corrected chi connectivity index (χ0v) is 11.9. The molecule has 108 valence electrons. The van der Waals surface area contributed by atoms with E-state index < -0.39 is 0 Å². The van der Waals surface area contributed by atoms with Crippen molar-refractivity contribution in [2.45, 2.75) is 25.4 Å². The topological polar surface area (TPSA) is 53.3 Å². The van der Waals surface area contributed by atoms with Gasteiger partial charge in [-0.3, -0.25) is 4.79 Å². The van der Waals surface area contributed by atoms with E-state index in [-0.39, 0.29) is 6.10 Å². The van der Waals surface area contributed by atoms with Gasteiger partial charge >= 0.3 is 0 Å².